The van der Waals surface area contributed by atoms with Gasteiger partial charge in [-0.25, -0.2) is 0 Å². The number of nitrogens with zero attached hydrogens (tertiary/aromatic N) is 5. The molecule has 17 heteroatoms. The molecular weight excluding hydrogens is 691 g/mol. The summed E-state index contributed by atoms with van der Waals surface area (Å²) in [5.41, 5.74) is 1.60. The third kappa shape index (κ3) is 12.7. The van der Waals surface area contributed by atoms with Gasteiger partial charge in [0, 0.05) is 31.6 Å². The van der Waals surface area contributed by atoms with Crippen molar-refractivity contribution in [2.75, 3.05) is 43.5 Å². The third-order valence-electron chi connectivity index (χ3n) is 7.58. The summed E-state index contributed by atoms with van der Waals surface area (Å²) < 4.78 is 52.3. The molecule has 3 heterocycles. The topological polar surface area (TPSA) is 158 Å². The van der Waals surface area contributed by atoms with Crippen LogP contribution in [0.1, 0.15) is 47.2 Å². The van der Waals surface area contributed by atoms with Gasteiger partial charge in [-0.3, -0.25) is 24.6 Å². The van der Waals surface area contributed by atoms with Gasteiger partial charge in [0.25, 0.3) is 5.91 Å². The van der Waals surface area contributed by atoms with Crippen molar-refractivity contribution in [3.05, 3.63) is 88.6 Å². The highest BCUT2D eigenvalue weighted by Crippen LogP contribution is 2.25. The van der Waals surface area contributed by atoms with E-state index in [1.807, 2.05) is 6.07 Å². The molecule has 1 fully saturated rings. The first-order valence-electron chi connectivity index (χ1n) is 16.2. The van der Waals surface area contributed by atoms with Crippen LogP contribution in [0.3, 0.4) is 0 Å². The summed E-state index contributed by atoms with van der Waals surface area (Å²) in [7, 11) is 0. The predicted octanol–water partition coefficient (Wildman–Crippen LogP) is 4.92. The summed E-state index contributed by atoms with van der Waals surface area (Å²) in [4.78, 5) is 40.5. The highest BCUT2D eigenvalue weighted by molar-refractivity contribution is 7.15. The SMILES string of the molecule is O=C(Cc1cccc(OC(F)(F)F)c1)Nc1ccc(CCCCc2nnc(NC(=O)C(OC(=O)CCN3CCOCC3)c3ccccc3)s2)nn1. The number of ether oxygens (including phenoxy) is 3. The van der Waals surface area contributed by atoms with Crippen molar-refractivity contribution in [3.8, 4) is 5.75 Å². The molecule has 2 aromatic carbocycles. The predicted molar refractivity (Wildman–Crippen MR) is 180 cm³/mol. The van der Waals surface area contributed by atoms with Crippen LogP contribution in [0.2, 0.25) is 0 Å². The molecule has 1 atom stereocenters. The number of benzene rings is 2. The van der Waals surface area contributed by atoms with Crippen LogP contribution in [0.5, 0.6) is 5.75 Å². The number of unbranched alkanes of at least 4 members (excludes halogenated alkanes) is 1. The molecule has 51 heavy (non-hydrogen) atoms. The first-order valence-corrected chi connectivity index (χ1v) is 17.1. The van der Waals surface area contributed by atoms with Crippen molar-refractivity contribution in [3.63, 3.8) is 0 Å². The number of morpholine rings is 1. The lowest BCUT2D eigenvalue weighted by Crippen LogP contribution is -2.38. The van der Waals surface area contributed by atoms with Gasteiger partial charge in [0.05, 0.1) is 31.7 Å². The first-order chi connectivity index (χ1) is 24.6. The number of aromatic nitrogens is 4. The molecule has 4 aromatic rings. The number of nitrogens with one attached hydrogen (secondary N) is 2. The van der Waals surface area contributed by atoms with E-state index in [0.717, 1.165) is 43.1 Å². The minimum atomic E-state index is -4.82. The number of carbonyl (C=O) groups is 3. The van der Waals surface area contributed by atoms with Crippen LogP contribution < -0.4 is 15.4 Å². The zero-order valence-corrected chi connectivity index (χ0v) is 28.3. The summed E-state index contributed by atoms with van der Waals surface area (Å²) >= 11 is 1.24. The quantitative estimate of drug-likeness (QED) is 0.119. The Labute approximate surface area is 295 Å². The van der Waals surface area contributed by atoms with Crippen LogP contribution >= 0.6 is 11.3 Å². The van der Waals surface area contributed by atoms with Gasteiger partial charge >= 0.3 is 12.3 Å². The van der Waals surface area contributed by atoms with Crippen LogP contribution in [-0.2, 0) is 43.1 Å². The lowest BCUT2D eigenvalue weighted by Gasteiger charge is -2.26. The standard InChI is InChI=1S/C34H36F3N7O6S/c35-34(36,37)50-26-11-6-7-23(21-26)22-28(45)38-27-14-13-25(40-41-27)10-4-5-12-29-42-43-33(51-29)39-32(47)31(24-8-2-1-3-9-24)49-30(46)15-16-44-17-19-48-20-18-44/h1-3,6-9,11,13-14,21,31H,4-5,10,12,15-20,22H2,(H,38,41,45)(H,39,43,47). The van der Waals surface area contributed by atoms with Gasteiger partial charge in [-0.05, 0) is 49.1 Å². The van der Waals surface area contributed by atoms with Crippen molar-refractivity contribution >= 4 is 40.1 Å². The van der Waals surface area contributed by atoms with Crippen LogP contribution in [0.25, 0.3) is 0 Å². The Hall–Kier alpha value is -5.00. The average Bonchev–Trinajstić information content (AvgIpc) is 3.56. The summed E-state index contributed by atoms with van der Waals surface area (Å²) in [6.07, 6.45) is -3.24. The second-order valence-electron chi connectivity index (χ2n) is 11.5. The maximum Gasteiger partial charge on any atom is 0.573 e. The Balaban J connectivity index is 1.04. The van der Waals surface area contributed by atoms with E-state index in [4.69, 9.17) is 9.47 Å². The number of esters is 1. The number of halogens is 3. The summed E-state index contributed by atoms with van der Waals surface area (Å²) in [5.74, 6) is -1.66. The summed E-state index contributed by atoms with van der Waals surface area (Å²) in [6, 6.07) is 17.3. The highest BCUT2D eigenvalue weighted by Gasteiger charge is 2.31. The molecule has 1 aliphatic rings. The number of amides is 2. The van der Waals surface area contributed by atoms with E-state index in [9.17, 15) is 27.6 Å². The molecule has 0 bridgehead atoms. The maximum atomic E-state index is 13.2. The second-order valence-corrected chi connectivity index (χ2v) is 12.6. The number of anilines is 2. The minimum absolute atomic E-state index is 0.150. The molecule has 13 nitrogen and oxygen atoms in total. The van der Waals surface area contributed by atoms with Crippen molar-refractivity contribution in [1.82, 2.24) is 25.3 Å². The molecule has 0 radical (unpaired) electrons. The minimum Gasteiger partial charge on any atom is -0.447 e. The average molecular weight is 728 g/mol. The van der Waals surface area contributed by atoms with E-state index in [1.54, 1.807) is 36.4 Å². The monoisotopic (exact) mass is 727 g/mol. The van der Waals surface area contributed by atoms with E-state index >= 15 is 0 Å². The Kier molecular flexibility index (Phi) is 13.4. The number of hydrogen-bond acceptors (Lipinski definition) is 12. The number of aryl methyl sites for hydroxylation is 2. The number of hydrogen-bond donors (Lipinski definition) is 2. The van der Waals surface area contributed by atoms with Gasteiger partial charge in [0.2, 0.25) is 17.1 Å². The molecule has 1 unspecified atom stereocenters. The molecule has 1 aliphatic heterocycles. The Morgan fingerprint density at radius 2 is 1.69 bits per heavy atom. The fourth-order valence-electron chi connectivity index (χ4n) is 5.11. The Morgan fingerprint density at radius 3 is 2.43 bits per heavy atom. The van der Waals surface area contributed by atoms with Crippen LogP contribution in [0, 0.1) is 0 Å². The number of alkyl halides is 3. The van der Waals surface area contributed by atoms with E-state index in [1.165, 1.54) is 23.5 Å². The molecule has 2 aromatic heterocycles. The van der Waals surface area contributed by atoms with Gasteiger partial charge in [-0.2, -0.15) is 5.10 Å². The van der Waals surface area contributed by atoms with Crippen LogP contribution in [-0.4, -0.2) is 82.3 Å². The molecule has 0 spiro atoms. The zero-order valence-electron chi connectivity index (χ0n) is 27.4. The highest BCUT2D eigenvalue weighted by atomic mass is 32.1. The van der Waals surface area contributed by atoms with E-state index < -0.39 is 36.0 Å². The van der Waals surface area contributed by atoms with E-state index in [2.05, 4.69) is 40.7 Å². The Morgan fingerprint density at radius 1 is 0.902 bits per heavy atom. The molecule has 0 saturated carbocycles. The van der Waals surface area contributed by atoms with Crippen LogP contribution in [0.4, 0.5) is 24.1 Å². The molecule has 1 saturated heterocycles. The van der Waals surface area contributed by atoms with E-state index in [-0.39, 0.29) is 18.7 Å². The number of rotatable bonds is 16. The first kappa shape index (κ1) is 37.3. The third-order valence-corrected chi connectivity index (χ3v) is 8.48. The van der Waals surface area contributed by atoms with Gasteiger partial charge < -0.3 is 19.5 Å². The largest absolute Gasteiger partial charge is 0.573 e. The fourth-order valence-corrected chi connectivity index (χ4v) is 5.89. The van der Waals surface area contributed by atoms with Gasteiger partial charge in [0.15, 0.2) is 5.82 Å². The molecule has 5 rings (SSSR count). The van der Waals surface area contributed by atoms with Crippen molar-refractivity contribution in [2.45, 2.75) is 51.0 Å². The fraction of sp³-hybridized carbons (Fsp3) is 0.382. The second kappa shape index (κ2) is 18.3. The summed E-state index contributed by atoms with van der Waals surface area (Å²) in [6.45, 7) is 3.26. The Bertz CT molecular complexity index is 1740. The lowest BCUT2D eigenvalue weighted by atomic mass is 10.1. The molecule has 2 amide bonds. The molecule has 0 aliphatic carbocycles. The van der Waals surface area contributed by atoms with Crippen molar-refractivity contribution < 1.29 is 41.8 Å². The lowest BCUT2D eigenvalue weighted by molar-refractivity contribution is -0.274. The smallest absolute Gasteiger partial charge is 0.447 e. The summed E-state index contributed by atoms with van der Waals surface area (Å²) in [5, 5.41) is 22.8. The van der Waals surface area contributed by atoms with Crippen LogP contribution in [0.15, 0.2) is 66.7 Å². The molecule has 2 N–H and O–H groups in total. The zero-order chi connectivity index (χ0) is 36.1. The van der Waals surface area contributed by atoms with Gasteiger partial charge in [-0.1, -0.05) is 53.8 Å². The van der Waals surface area contributed by atoms with Gasteiger partial charge in [0.1, 0.15) is 10.8 Å². The van der Waals surface area contributed by atoms with E-state index in [0.29, 0.717) is 54.6 Å². The molecule has 270 valence electrons. The maximum absolute atomic E-state index is 13.2. The van der Waals surface area contributed by atoms with Gasteiger partial charge in [-0.15, -0.1) is 28.5 Å². The van der Waals surface area contributed by atoms with Crippen molar-refractivity contribution in [2.24, 2.45) is 0 Å². The number of carbonyl (C=O) groups excluding carboxylic acids is 3. The normalized spacial score (nSPS) is 14.0. The van der Waals surface area contributed by atoms with Crippen molar-refractivity contribution in [1.29, 1.82) is 0 Å². The molecular formula is C34H36F3N7O6S.